The fraction of sp³-hybridized carbons (Fsp3) is 0.455. The second-order valence-corrected chi connectivity index (χ2v) is 4.89. The topological polar surface area (TPSA) is 29.5 Å². The summed E-state index contributed by atoms with van der Waals surface area (Å²) in [5.41, 5.74) is -0.247. The van der Waals surface area contributed by atoms with Crippen LogP contribution in [-0.4, -0.2) is 17.8 Å². The van der Waals surface area contributed by atoms with Gasteiger partial charge in [0.05, 0.1) is 12.7 Å². The number of halogens is 2. The predicted molar refractivity (Wildman–Crippen MR) is 58.5 cm³/mol. The molecule has 1 aromatic rings. The highest BCUT2D eigenvalue weighted by Gasteiger charge is 2.41. The summed E-state index contributed by atoms with van der Waals surface area (Å²) in [6.45, 7) is 0. The first-order valence-corrected chi connectivity index (χ1v) is 5.58. The van der Waals surface area contributed by atoms with E-state index in [0.717, 1.165) is 12.8 Å². The molecule has 1 N–H and O–H groups in total. The summed E-state index contributed by atoms with van der Waals surface area (Å²) in [5.74, 6) is 0.156. The number of ether oxygens (including phenoxy) is 1. The standard InChI is InChI=1S/C11H12BrFO2/c1-15-10-5-7(12)4-9(13)8(10)6-11(14)2-3-11/h4-5,14H,2-3,6H2,1H3. The maximum absolute atomic E-state index is 13.6. The lowest BCUT2D eigenvalue weighted by molar-refractivity contribution is 0.148. The Morgan fingerprint density at radius 3 is 2.73 bits per heavy atom. The van der Waals surface area contributed by atoms with Crippen LogP contribution in [-0.2, 0) is 6.42 Å². The van der Waals surface area contributed by atoms with Gasteiger partial charge in [0.2, 0.25) is 0 Å². The molecule has 1 saturated carbocycles. The number of methoxy groups -OCH3 is 1. The van der Waals surface area contributed by atoms with E-state index in [1.807, 2.05) is 0 Å². The van der Waals surface area contributed by atoms with Gasteiger partial charge in [0.1, 0.15) is 11.6 Å². The molecule has 4 heteroatoms. The Hall–Kier alpha value is -0.610. The lowest BCUT2D eigenvalue weighted by Crippen LogP contribution is -2.13. The highest BCUT2D eigenvalue weighted by Crippen LogP contribution is 2.41. The van der Waals surface area contributed by atoms with Crippen molar-refractivity contribution in [3.63, 3.8) is 0 Å². The van der Waals surface area contributed by atoms with E-state index in [-0.39, 0.29) is 5.82 Å². The molecule has 0 aliphatic heterocycles. The summed E-state index contributed by atoms with van der Waals surface area (Å²) in [6, 6.07) is 3.10. The Balaban J connectivity index is 2.35. The van der Waals surface area contributed by atoms with E-state index in [1.54, 1.807) is 6.07 Å². The fourth-order valence-corrected chi connectivity index (χ4v) is 1.99. The number of rotatable bonds is 3. The smallest absolute Gasteiger partial charge is 0.131 e. The van der Waals surface area contributed by atoms with Crippen molar-refractivity contribution < 1.29 is 14.2 Å². The first-order chi connectivity index (χ1) is 7.04. The van der Waals surface area contributed by atoms with Gasteiger partial charge >= 0.3 is 0 Å². The summed E-state index contributed by atoms with van der Waals surface area (Å²) in [6.07, 6.45) is 1.81. The van der Waals surface area contributed by atoms with Crippen molar-refractivity contribution in [3.05, 3.63) is 28.0 Å². The van der Waals surface area contributed by atoms with Crippen molar-refractivity contribution in [2.24, 2.45) is 0 Å². The number of hydrogen-bond acceptors (Lipinski definition) is 2. The van der Waals surface area contributed by atoms with Crippen LogP contribution in [0.3, 0.4) is 0 Å². The SMILES string of the molecule is COc1cc(Br)cc(F)c1CC1(O)CC1. The molecule has 0 spiro atoms. The highest BCUT2D eigenvalue weighted by atomic mass is 79.9. The molecule has 2 rings (SSSR count). The first-order valence-electron chi connectivity index (χ1n) is 4.78. The van der Waals surface area contributed by atoms with E-state index in [2.05, 4.69) is 15.9 Å². The Morgan fingerprint density at radius 1 is 1.53 bits per heavy atom. The van der Waals surface area contributed by atoms with E-state index in [9.17, 15) is 9.50 Å². The number of hydrogen-bond donors (Lipinski definition) is 1. The van der Waals surface area contributed by atoms with Gasteiger partial charge in [-0.25, -0.2) is 4.39 Å². The van der Waals surface area contributed by atoms with Crippen LogP contribution in [0.2, 0.25) is 0 Å². The largest absolute Gasteiger partial charge is 0.496 e. The minimum atomic E-state index is -0.706. The molecule has 0 unspecified atom stereocenters. The maximum atomic E-state index is 13.6. The lowest BCUT2D eigenvalue weighted by atomic mass is 10.0. The molecular weight excluding hydrogens is 263 g/mol. The monoisotopic (exact) mass is 274 g/mol. The van der Waals surface area contributed by atoms with E-state index in [4.69, 9.17) is 4.74 Å². The second kappa shape index (κ2) is 3.76. The van der Waals surface area contributed by atoms with E-state index < -0.39 is 5.60 Å². The van der Waals surface area contributed by atoms with Crippen LogP contribution in [0.1, 0.15) is 18.4 Å². The minimum Gasteiger partial charge on any atom is -0.496 e. The van der Waals surface area contributed by atoms with Crippen LogP contribution in [0.25, 0.3) is 0 Å². The molecule has 1 aliphatic rings. The van der Waals surface area contributed by atoms with Crippen molar-refractivity contribution in [2.75, 3.05) is 7.11 Å². The van der Waals surface area contributed by atoms with Gasteiger partial charge < -0.3 is 9.84 Å². The third-order valence-electron chi connectivity index (χ3n) is 2.67. The van der Waals surface area contributed by atoms with Gasteiger partial charge in [0.25, 0.3) is 0 Å². The molecule has 15 heavy (non-hydrogen) atoms. The number of benzene rings is 1. The molecule has 0 saturated heterocycles. The van der Waals surface area contributed by atoms with Gasteiger partial charge in [-0.1, -0.05) is 15.9 Å². The Labute approximate surface area is 96.2 Å². The van der Waals surface area contributed by atoms with Crippen molar-refractivity contribution in [3.8, 4) is 5.75 Å². The molecule has 0 heterocycles. The zero-order chi connectivity index (χ0) is 11.1. The van der Waals surface area contributed by atoms with E-state index in [0.29, 0.717) is 22.2 Å². The molecule has 0 bridgehead atoms. The molecule has 1 fully saturated rings. The number of aliphatic hydroxyl groups is 1. The van der Waals surface area contributed by atoms with Crippen molar-refractivity contribution in [2.45, 2.75) is 24.9 Å². The summed E-state index contributed by atoms with van der Waals surface area (Å²) >= 11 is 3.20. The van der Waals surface area contributed by atoms with Crippen molar-refractivity contribution in [1.29, 1.82) is 0 Å². The van der Waals surface area contributed by atoms with Crippen LogP contribution >= 0.6 is 15.9 Å². The third kappa shape index (κ3) is 2.32. The van der Waals surface area contributed by atoms with Gasteiger partial charge in [-0.2, -0.15) is 0 Å². The molecule has 1 aromatic carbocycles. The van der Waals surface area contributed by atoms with Gasteiger partial charge in [0, 0.05) is 16.5 Å². The van der Waals surface area contributed by atoms with Gasteiger partial charge in [-0.3, -0.25) is 0 Å². The van der Waals surface area contributed by atoms with Crippen molar-refractivity contribution >= 4 is 15.9 Å². The normalized spacial score (nSPS) is 17.6. The molecule has 2 nitrogen and oxygen atoms in total. The lowest BCUT2D eigenvalue weighted by Gasteiger charge is -2.13. The Morgan fingerprint density at radius 2 is 2.20 bits per heavy atom. The van der Waals surface area contributed by atoms with E-state index in [1.165, 1.54) is 13.2 Å². The first kappa shape index (κ1) is 10.9. The van der Waals surface area contributed by atoms with Gasteiger partial charge in [0.15, 0.2) is 0 Å². The summed E-state index contributed by atoms with van der Waals surface area (Å²) < 4.78 is 19.4. The Bertz CT molecular complexity index is 388. The summed E-state index contributed by atoms with van der Waals surface area (Å²) in [5, 5.41) is 9.76. The average molecular weight is 275 g/mol. The van der Waals surface area contributed by atoms with Crippen LogP contribution in [0, 0.1) is 5.82 Å². The molecule has 0 amide bonds. The van der Waals surface area contributed by atoms with E-state index >= 15 is 0 Å². The molecular formula is C11H12BrFO2. The quantitative estimate of drug-likeness (QED) is 0.919. The summed E-state index contributed by atoms with van der Waals surface area (Å²) in [4.78, 5) is 0. The molecule has 0 radical (unpaired) electrons. The van der Waals surface area contributed by atoms with Crippen molar-refractivity contribution in [1.82, 2.24) is 0 Å². The molecule has 0 atom stereocenters. The molecule has 1 aliphatic carbocycles. The van der Waals surface area contributed by atoms with Crippen LogP contribution in [0.4, 0.5) is 4.39 Å². The predicted octanol–water partition coefficient (Wildman–Crippen LogP) is 2.66. The summed E-state index contributed by atoms with van der Waals surface area (Å²) in [7, 11) is 1.50. The second-order valence-electron chi connectivity index (χ2n) is 3.97. The minimum absolute atomic E-state index is 0.329. The zero-order valence-corrected chi connectivity index (χ0v) is 9.97. The van der Waals surface area contributed by atoms with Crippen LogP contribution < -0.4 is 4.74 Å². The average Bonchev–Trinajstić information content (AvgIpc) is 2.88. The third-order valence-corrected chi connectivity index (χ3v) is 3.13. The molecule has 0 aromatic heterocycles. The highest BCUT2D eigenvalue weighted by molar-refractivity contribution is 9.10. The van der Waals surface area contributed by atoms with Crippen LogP contribution in [0.15, 0.2) is 16.6 Å². The fourth-order valence-electron chi connectivity index (χ4n) is 1.58. The van der Waals surface area contributed by atoms with Gasteiger partial charge in [-0.15, -0.1) is 0 Å². The Kier molecular flexibility index (Phi) is 2.73. The van der Waals surface area contributed by atoms with Gasteiger partial charge in [-0.05, 0) is 25.0 Å². The zero-order valence-electron chi connectivity index (χ0n) is 8.39. The van der Waals surface area contributed by atoms with Crippen LogP contribution in [0.5, 0.6) is 5.75 Å². The molecule has 82 valence electrons. The maximum Gasteiger partial charge on any atom is 0.131 e.